The van der Waals surface area contributed by atoms with Gasteiger partial charge in [0.05, 0.1) is 17.0 Å². The molecule has 18 heavy (non-hydrogen) atoms. The van der Waals surface area contributed by atoms with Gasteiger partial charge in [-0.15, -0.1) is 0 Å². The zero-order valence-electron chi connectivity index (χ0n) is 9.86. The Balaban J connectivity index is 2.34. The van der Waals surface area contributed by atoms with Crippen molar-refractivity contribution in [3.63, 3.8) is 0 Å². The van der Waals surface area contributed by atoms with Crippen LogP contribution in [0, 0.1) is 5.82 Å². The van der Waals surface area contributed by atoms with Gasteiger partial charge in [-0.2, -0.15) is 0 Å². The van der Waals surface area contributed by atoms with Gasteiger partial charge >= 0.3 is 5.97 Å². The zero-order chi connectivity index (χ0) is 13.3. The average molecular weight is 247 g/mol. The molecule has 1 aliphatic rings. The number of halogens is 1. The van der Waals surface area contributed by atoms with Crippen LogP contribution in [-0.2, 0) is 14.3 Å². The molecule has 0 amide bonds. The molecule has 0 unspecified atom stereocenters. The van der Waals surface area contributed by atoms with Gasteiger partial charge in [0.1, 0.15) is 11.6 Å². The maximum Gasteiger partial charge on any atom is 0.384 e. The maximum absolute atomic E-state index is 12.7. The molecule has 1 aromatic rings. The quantitative estimate of drug-likeness (QED) is 0.458. The Bertz CT molecular complexity index is 585. The lowest BCUT2D eigenvalue weighted by atomic mass is 10.1. The minimum Gasteiger partial charge on any atom is -0.425 e. The second kappa shape index (κ2) is 4.52. The van der Waals surface area contributed by atoms with Crippen LogP contribution in [0.4, 0.5) is 10.1 Å². The van der Waals surface area contributed by atoms with Crippen molar-refractivity contribution in [1.82, 2.24) is 0 Å². The second-order valence-electron chi connectivity index (χ2n) is 3.82. The molecule has 0 bridgehead atoms. The molecule has 0 aromatic heterocycles. The third kappa shape index (κ3) is 2.20. The van der Waals surface area contributed by atoms with Crippen LogP contribution in [0.25, 0.3) is 0 Å². The van der Waals surface area contributed by atoms with Crippen LogP contribution < -0.4 is 0 Å². The van der Waals surface area contributed by atoms with Gasteiger partial charge < -0.3 is 4.74 Å². The SMILES string of the molecule is CC(=Nc1ccc(F)cc1)C1=C(C)OC(=O)C1=O. The van der Waals surface area contributed by atoms with Gasteiger partial charge in [0.2, 0.25) is 0 Å². The largest absolute Gasteiger partial charge is 0.425 e. The molecule has 1 aliphatic heterocycles. The molecule has 1 aromatic carbocycles. The van der Waals surface area contributed by atoms with Crippen LogP contribution in [0.2, 0.25) is 0 Å². The Hall–Kier alpha value is -2.30. The number of esters is 1. The highest BCUT2D eigenvalue weighted by atomic mass is 19.1. The number of aliphatic imine (C=N–C) groups is 1. The van der Waals surface area contributed by atoms with Crippen molar-refractivity contribution < 1.29 is 18.7 Å². The molecule has 0 N–H and O–H groups in total. The van der Waals surface area contributed by atoms with Crippen LogP contribution in [0.1, 0.15) is 13.8 Å². The summed E-state index contributed by atoms with van der Waals surface area (Å²) in [4.78, 5) is 26.8. The number of ether oxygens (including phenoxy) is 1. The predicted octanol–water partition coefficient (Wildman–Crippen LogP) is 2.32. The van der Waals surface area contributed by atoms with Crippen LogP contribution in [0.3, 0.4) is 0 Å². The molecule has 92 valence electrons. The van der Waals surface area contributed by atoms with Crippen LogP contribution >= 0.6 is 0 Å². The van der Waals surface area contributed by atoms with Crippen LogP contribution in [-0.4, -0.2) is 17.5 Å². The van der Waals surface area contributed by atoms with Gasteiger partial charge in [-0.1, -0.05) is 0 Å². The highest BCUT2D eigenvalue weighted by Crippen LogP contribution is 2.21. The topological polar surface area (TPSA) is 55.7 Å². The van der Waals surface area contributed by atoms with E-state index in [2.05, 4.69) is 4.99 Å². The van der Waals surface area contributed by atoms with Gasteiger partial charge in [0.15, 0.2) is 0 Å². The smallest absolute Gasteiger partial charge is 0.384 e. The van der Waals surface area contributed by atoms with Crippen molar-refractivity contribution in [2.24, 2.45) is 4.99 Å². The molecule has 0 aliphatic carbocycles. The summed E-state index contributed by atoms with van der Waals surface area (Å²) in [7, 11) is 0. The van der Waals surface area contributed by atoms with E-state index >= 15 is 0 Å². The second-order valence-corrected chi connectivity index (χ2v) is 3.82. The van der Waals surface area contributed by atoms with E-state index in [0.29, 0.717) is 11.4 Å². The van der Waals surface area contributed by atoms with Gasteiger partial charge in [0, 0.05) is 0 Å². The van der Waals surface area contributed by atoms with E-state index in [1.165, 1.54) is 31.2 Å². The number of cyclic esters (lactones) is 1. The van der Waals surface area contributed by atoms with E-state index in [1.807, 2.05) is 0 Å². The van der Waals surface area contributed by atoms with Gasteiger partial charge in [-0.3, -0.25) is 9.79 Å². The van der Waals surface area contributed by atoms with E-state index in [-0.39, 0.29) is 17.1 Å². The summed E-state index contributed by atoms with van der Waals surface area (Å²) in [5.74, 6) is -1.71. The number of carbonyl (C=O) groups is 2. The Kier molecular flexibility index (Phi) is 3.06. The first kappa shape index (κ1) is 12.2. The molecule has 4 nitrogen and oxygen atoms in total. The van der Waals surface area contributed by atoms with E-state index < -0.39 is 11.8 Å². The van der Waals surface area contributed by atoms with Crippen molar-refractivity contribution in [2.75, 3.05) is 0 Å². The highest BCUT2D eigenvalue weighted by Gasteiger charge is 2.33. The third-order valence-electron chi connectivity index (χ3n) is 2.50. The number of Topliss-reactive ketones (excluding diaryl/α,β-unsaturated/α-hetero) is 1. The normalized spacial score (nSPS) is 16.3. The fraction of sp³-hybridized carbons (Fsp3) is 0.154. The molecule has 0 saturated heterocycles. The van der Waals surface area contributed by atoms with Crippen molar-refractivity contribution in [3.05, 3.63) is 41.4 Å². The Morgan fingerprint density at radius 2 is 1.83 bits per heavy atom. The molecule has 0 fully saturated rings. The minimum atomic E-state index is -0.892. The lowest BCUT2D eigenvalue weighted by molar-refractivity contribution is -0.146. The Morgan fingerprint density at radius 1 is 1.22 bits per heavy atom. The number of ketones is 1. The van der Waals surface area contributed by atoms with E-state index in [4.69, 9.17) is 4.74 Å². The Labute approximate surface area is 103 Å². The average Bonchev–Trinajstić information content (AvgIpc) is 2.56. The molecule has 1 heterocycles. The van der Waals surface area contributed by atoms with E-state index in [0.717, 1.165) is 0 Å². The lowest BCUT2D eigenvalue weighted by Crippen LogP contribution is -2.13. The summed E-state index contributed by atoms with van der Waals surface area (Å²) in [6.45, 7) is 3.13. The summed E-state index contributed by atoms with van der Waals surface area (Å²) >= 11 is 0. The summed E-state index contributed by atoms with van der Waals surface area (Å²) in [5, 5.41) is 0. The van der Waals surface area contributed by atoms with Crippen molar-refractivity contribution >= 4 is 23.2 Å². The molecule has 0 saturated carbocycles. The van der Waals surface area contributed by atoms with E-state index in [1.54, 1.807) is 6.92 Å². The number of hydrogen-bond acceptors (Lipinski definition) is 4. The first-order valence-electron chi connectivity index (χ1n) is 5.27. The van der Waals surface area contributed by atoms with Crippen molar-refractivity contribution in [2.45, 2.75) is 13.8 Å². The number of nitrogens with zero attached hydrogens (tertiary/aromatic N) is 1. The Morgan fingerprint density at radius 3 is 2.33 bits per heavy atom. The zero-order valence-corrected chi connectivity index (χ0v) is 9.86. The number of benzene rings is 1. The maximum atomic E-state index is 12.7. The fourth-order valence-corrected chi connectivity index (χ4v) is 1.68. The summed E-state index contributed by atoms with van der Waals surface area (Å²) in [6.07, 6.45) is 0. The molecule has 0 atom stereocenters. The van der Waals surface area contributed by atoms with Crippen LogP contribution in [0.5, 0.6) is 0 Å². The third-order valence-corrected chi connectivity index (χ3v) is 2.50. The first-order valence-corrected chi connectivity index (χ1v) is 5.27. The molecule has 0 radical (unpaired) electrons. The van der Waals surface area contributed by atoms with Gasteiger partial charge in [0.25, 0.3) is 5.78 Å². The highest BCUT2D eigenvalue weighted by molar-refractivity contribution is 6.50. The van der Waals surface area contributed by atoms with E-state index in [9.17, 15) is 14.0 Å². The monoisotopic (exact) mass is 247 g/mol. The van der Waals surface area contributed by atoms with Crippen molar-refractivity contribution in [1.29, 1.82) is 0 Å². The van der Waals surface area contributed by atoms with Gasteiger partial charge in [-0.25, -0.2) is 9.18 Å². The molecule has 0 spiro atoms. The van der Waals surface area contributed by atoms with Crippen molar-refractivity contribution in [3.8, 4) is 0 Å². The van der Waals surface area contributed by atoms with Gasteiger partial charge in [-0.05, 0) is 38.1 Å². The number of carbonyl (C=O) groups excluding carboxylic acids is 2. The number of allylic oxidation sites excluding steroid dienone is 1. The summed E-state index contributed by atoms with van der Waals surface area (Å²) in [6, 6.07) is 5.50. The lowest BCUT2D eigenvalue weighted by Gasteiger charge is -2.00. The molecular formula is C13H10FNO3. The first-order chi connectivity index (χ1) is 8.49. The summed E-state index contributed by atoms with van der Waals surface area (Å²) in [5.41, 5.74) is 1.04. The standard InChI is InChI=1S/C13H10FNO3/c1-7(11-8(2)18-13(17)12(11)16)15-10-5-3-9(14)4-6-10/h3-6H,1-2H3. The molecular weight excluding hydrogens is 237 g/mol. The fourth-order valence-electron chi connectivity index (χ4n) is 1.68. The number of rotatable bonds is 2. The molecule has 2 rings (SSSR count). The number of hydrogen-bond donors (Lipinski definition) is 0. The van der Waals surface area contributed by atoms with Crippen LogP contribution in [0.15, 0.2) is 40.6 Å². The summed E-state index contributed by atoms with van der Waals surface area (Å²) < 4.78 is 17.4. The predicted molar refractivity (Wildman–Crippen MR) is 63.0 cm³/mol. The minimum absolute atomic E-state index is 0.171. The molecule has 5 heteroatoms.